The third kappa shape index (κ3) is 3.59. The van der Waals surface area contributed by atoms with E-state index in [2.05, 4.69) is 111 Å². The van der Waals surface area contributed by atoms with E-state index in [0.29, 0.717) is 0 Å². The number of fused-ring (bicyclic) bond motifs is 2. The van der Waals surface area contributed by atoms with Crippen molar-refractivity contribution in [3.63, 3.8) is 0 Å². The summed E-state index contributed by atoms with van der Waals surface area (Å²) in [5.74, 6) is -1.51. The zero-order valence-electron chi connectivity index (χ0n) is 20.9. The van der Waals surface area contributed by atoms with Gasteiger partial charge in [-0.3, -0.25) is 0 Å². The maximum atomic E-state index is 8.30. The van der Waals surface area contributed by atoms with Crippen LogP contribution in [0.2, 0.25) is 13.1 Å². The fraction of sp³-hybridized carbons (Fsp3) is 0.200. The summed E-state index contributed by atoms with van der Waals surface area (Å²) < 4.78 is 0.280. The maximum absolute atomic E-state index is 8.30. The van der Waals surface area contributed by atoms with Gasteiger partial charge < -0.3 is 0 Å². The SMILES string of the molecule is CC1=Cc2c(-c3cccs3)cccc2[CH]1[Zr]([Cl])([Cl])([CH]1C(C)=Cc2c(-c3cccs3)cccc21)[SiH](C)C. The molecule has 2 aliphatic rings. The average molecular weight is 644 g/mol. The Hall–Kier alpha value is -1.00. The predicted molar refractivity (Wildman–Crippen MR) is 163 cm³/mol. The normalized spacial score (nSPS) is 20.0. The van der Waals surface area contributed by atoms with Crippen LogP contribution < -0.4 is 0 Å². The van der Waals surface area contributed by atoms with Crippen LogP contribution in [0.4, 0.5) is 0 Å². The van der Waals surface area contributed by atoms with Crippen molar-refractivity contribution in [2.45, 2.75) is 34.2 Å². The molecular weight excluding hydrogens is 615 g/mol. The Morgan fingerprint density at radius 3 is 1.47 bits per heavy atom. The zero-order valence-corrected chi connectivity index (χ0v) is 27.6. The van der Waals surface area contributed by atoms with E-state index in [0.717, 1.165) is 0 Å². The molecule has 0 amide bonds. The van der Waals surface area contributed by atoms with Crippen molar-refractivity contribution in [1.29, 1.82) is 0 Å². The Morgan fingerprint density at radius 1 is 0.667 bits per heavy atom. The van der Waals surface area contributed by atoms with E-state index in [1.54, 1.807) is 22.7 Å². The summed E-state index contributed by atoms with van der Waals surface area (Å²) in [5, 5.41) is 4.31. The molecule has 0 N–H and O–H groups in total. The van der Waals surface area contributed by atoms with E-state index in [1.165, 1.54) is 54.3 Å². The van der Waals surface area contributed by atoms with Crippen LogP contribution in [0.1, 0.15) is 43.4 Å². The van der Waals surface area contributed by atoms with Gasteiger partial charge in [-0.2, -0.15) is 0 Å². The minimum absolute atomic E-state index is 0.140. The first-order chi connectivity index (χ1) is 17.2. The topological polar surface area (TPSA) is 0 Å². The van der Waals surface area contributed by atoms with Crippen LogP contribution in [0.5, 0.6) is 0 Å². The first kappa shape index (κ1) is 25.3. The number of rotatable bonds is 5. The number of hydrogen-bond donors (Lipinski definition) is 0. The predicted octanol–water partition coefficient (Wildman–Crippen LogP) is 10.7. The van der Waals surface area contributed by atoms with Crippen molar-refractivity contribution >= 4 is 57.8 Å². The van der Waals surface area contributed by atoms with Gasteiger partial charge in [0.2, 0.25) is 0 Å². The van der Waals surface area contributed by atoms with Gasteiger partial charge in [-0.1, -0.05) is 0 Å². The van der Waals surface area contributed by atoms with Crippen LogP contribution >= 0.6 is 39.7 Å². The van der Waals surface area contributed by atoms with Gasteiger partial charge in [-0.15, -0.1) is 0 Å². The molecule has 36 heavy (non-hydrogen) atoms. The molecule has 6 heteroatoms. The molecule has 0 spiro atoms. The third-order valence-corrected chi connectivity index (χ3v) is 62.4. The number of allylic oxidation sites excluding steroid dienone is 2. The van der Waals surface area contributed by atoms with Crippen molar-refractivity contribution in [2.75, 3.05) is 0 Å². The fourth-order valence-corrected chi connectivity index (χ4v) is 41.1. The molecule has 183 valence electrons. The van der Waals surface area contributed by atoms with Crippen molar-refractivity contribution in [2.24, 2.45) is 0 Å². The Labute approximate surface area is 231 Å². The number of hydrogen-bond acceptors (Lipinski definition) is 2. The second kappa shape index (κ2) is 9.04. The molecule has 0 saturated carbocycles. The number of benzene rings is 2. The molecule has 2 aliphatic carbocycles. The van der Waals surface area contributed by atoms with Crippen molar-refractivity contribution < 1.29 is 15.6 Å². The summed E-state index contributed by atoms with van der Waals surface area (Å²) >= 11 is -0.989. The second-order valence-electron chi connectivity index (χ2n) is 10.6. The summed E-state index contributed by atoms with van der Waals surface area (Å²) in [4.78, 5) is 2.61. The molecule has 0 bridgehead atoms. The van der Waals surface area contributed by atoms with E-state index in [1.807, 2.05) is 0 Å². The summed E-state index contributed by atoms with van der Waals surface area (Å²) in [7, 11) is 16.6. The van der Waals surface area contributed by atoms with E-state index >= 15 is 0 Å². The van der Waals surface area contributed by atoms with Crippen LogP contribution in [0.25, 0.3) is 33.0 Å². The van der Waals surface area contributed by atoms with Gasteiger partial charge in [0.15, 0.2) is 0 Å². The molecule has 4 aromatic rings. The molecular formula is C30H29Cl2S2SiZr. The van der Waals surface area contributed by atoms with Crippen molar-refractivity contribution in [3.05, 3.63) is 105 Å². The van der Waals surface area contributed by atoms with Gasteiger partial charge in [-0.25, -0.2) is 0 Å². The zero-order chi connectivity index (χ0) is 25.3. The van der Waals surface area contributed by atoms with Gasteiger partial charge in [0, 0.05) is 0 Å². The van der Waals surface area contributed by atoms with E-state index < -0.39 is 21.5 Å². The summed E-state index contributed by atoms with van der Waals surface area (Å²) in [5.41, 5.74) is 10.7. The first-order valence-corrected chi connectivity index (χ1v) is 30.6. The van der Waals surface area contributed by atoms with E-state index in [9.17, 15) is 0 Å². The van der Waals surface area contributed by atoms with Crippen LogP contribution in [-0.4, -0.2) is 5.92 Å². The standard InChI is InChI=1S/2C14H11S.C2H7Si.2ClH.Zr/c2*1-10-8-11-4-2-5-12(13(11)9-10)14-6-3-7-15-14;1-3-2;;;/h2*2-9H,1H3;3H,1-2H3;2*1H;/q;;;;;+2/p-2. The molecule has 2 aromatic carbocycles. The third-order valence-electron chi connectivity index (χ3n) is 8.34. The van der Waals surface area contributed by atoms with Crippen LogP contribution in [0, 0.1) is 0 Å². The second-order valence-corrected chi connectivity index (χ2v) is 55.0. The van der Waals surface area contributed by atoms with E-state index in [-0.39, 0.29) is 7.25 Å². The van der Waals surface area contributed by atoms with Gasteiger partial charge in [0.1, 0.15) is 0 Å². The Bertz CT molecular complexity index is 1420. The number of halogens is 2. The molecule has 2 heterocycles. The minimum atomic E-state index is -4.58. The monoisotopic (exact) mass is 641 g/mol. The van der Waals surface area contributed by atoms with Gasteiger partial charge >= 0.3 is 233 Å². The average Bonchev–Trinajstić information content (AvgIpc) is 3.63. The molecule has 0 saturated heterocycles. The van der Waals surface area contributed by atoms with Crippen LogP contribution in [-0.2, 0) is 15.6 Å². The molecule has 0 aliphatic heterocycles. The van der Waals surface area contributed by atoms with Gasteiger partial charge in [-0.05, 0) is 0 Å². The number of thiophene rings is 2. The Balaban J connectivity index is 1.57. The molecule has 0 radical (unpaired) electrons. The summed E-state index contributed by atoms with van der Waals surface area (Å²) in [6.45, 7) is 9.37. The first-order valence-electron chi connectivity index (χ1n) is 12.5. The molecule has 0 fully saturated rings. The molecule has 6 rings (SSSR count). The van der Waals surface area contributed by atoms with Gasteiger partial charge in [0.25, 0.3) is 0 Å². The summed E-state index contributed by atoms with van der Waals surface area (Å²) in [6, 6.07) is 22.2. The molecule has 2 aromatic heterocycles. The Kier molecular flexibility index (Phi) is 6.35. The Morgan fingerprint density at radius 2 is 1.11 bits per heavy atom. The quantitative estimate of drug-likeness (QED) is 0.190. The van der Waals surface area contributed by atoms with Crippen LogP contribution in [0.15, 0.2) is 82.6 Å². The molecule has 0 nitrogen and oxygen atoms in total. The van der Waals surface area contributed by atoms with E-state index in [4.69, 9.17) is 17.0 Å². The van der Waals surface area contributed by atoms with Gasteiger partial charge in [0.05, 0.1) is 0 Å². The van der Waals surface area contributed by atoms with Crippen molar-refractivity contribution in [3.8, 4) is 20.9 Å². The summed E-state index contributed by atoms with van der Waals surface area (Å²) in [6.07, 6.45) is 4.78. The fourth-order valence-electron chi connectivity index (χ4n) is 6.70. The molecule has 2 atom stereocenters. The van der Waals surface area contributed by atoms with Crippen molar-refractivity contribution in [1.82, 2.24) is 0 Å². The molecule has 2 unspecified atom stereocenters. The van der Waals surface area contributed by atoms with Crippen LogP contribution in [0.3, 0.4) is 0 Å².